The summed E-state index contributed by atoms with van der Waals surface area (Å²) in [7, 11) is 0. The average Bonchev–Trinajstić information content (AvgIpc) is 2.75. The molecule has 0 aliphatic rings. The Bertz CT molecular complexity index is 827. The van der Waals surface area contributed by atoms with Gasteiger partial charge in [-0.1, -0.05) is 36.4 Å². The first-order chi connectivity index (χ1) is 10.1. The van der Waals surface area contributed by atoms with Crippen LogP contribution in [0.2, 0.25) is 0 Å². The molecule has 0 amide bonds. The van der Waals surface area contributed by atoms with E-state index in [0.29, 0.717) is 4.47 Å². The van der Waals surface area contributed by atoms with Crippen LogP contribution in [0.5, 0.6) is 0 Å². The number of hydrogen-bond donors (Lipinski definition) is 1. The van der Waals surface area contributed by atoms with Gasteiger partial charge in [0.15, 0.2) is 0 Å². The lowest BCUT2D eigenvalue weighted by atomic mass is 10.1. The van der Waals surface area contributed by atoms with Crippen molar-refractivity contribution in [3.63, 3.8) is 0 Å². The smallest absolute Gasteiger partial charge is 0.286 e. The fourth-order valence-corrected chi connectivity index (χ4v) is 2.97. The van der Waals surface area contributed by atoms with Crippen LogP contribution in [0.1, 0.15) is 11.1 Å². The highest BCUT2D eigenvalue weighted by Crippen LogP contribution is 2.24. The van der Waals surface area contributed by atoms with Crippen LogP contribution in [-0.2, 0) is 0 Å². The lowest BCUT2D eigenvalue weighted by molar-refractivity contribution is 0.849. The van der Waals surface area contributed by atoms with Crippen LogP contribution in [0.15, 0.2) is 57.8 Å². The summed E-state index contributed by atoms with van der Waals surface area (Å²) in [6, 6.07) is 15.9. The number of nitrogens with zero attached hydrogens (tertiary/aromatic N) is 1. The Balaban J connectivity index is 2.20. The SMILES string of the molecule is Cc1cc(C)cc(-n2[nH]c(-c3ccccc3)c(Br)c2=O)c1. The molecule has 0 radical (unpaired) electrons. The Kier molecular flexibility index (Phi) is 3.55. The minimum Gasteiger partial charge on any atom is -0.289 e. The van der Waals surface area contributed by atoms with Gasteiger partial charge < -0.3 is 0 Å². The molecule has 0 saturated heterocycles. The van der Waals surface area contributed by atoms with Crippen molar-refractivity contribution in [1.82, 2.24) is 9.78 Å². The van der Waals surface area contributed by atoms with Gasteiger partial charge in [0, 0.05) is 5.56 Å². The molecule has 0 spiro atoms. The van der Waals surface area contributed by atoms with E-state index in [1.807, 2.05) is 56.3 Å². The van der Waals surface area contributed by atoms with E-state index in [-0.39, 0.29) is 5.56 Å². The summed E-state index contributed by atoms with van der Waals surface area (Å²) in [5.41, 5.74) is 4.79. The maximum absolute atomic E-state index is 12.5. The Morgan fingerprint density at radius 2 is 1.62 bits per heavy atom. The first-order valence-corrected chi connectivity index (χ1v) is 7.50. The number of aromatic nitrogens is 2. The molecule has 1 N–H and O–H groups in total. The maximum atomic E-state index is 12.5. The van der Waals surface area contributed by atoms with Crippen LogP contribution in [0.4, 0.5) is 0 Å². The molecule has 1 aromatic heterocycles. The van der Waals surface area contributed by atoms with Gasteiger partial charge in [-0.25, -0.2) is 4.68 Å². The Labute approximate surface area is 131 Å². The predicted molar refractivity (Wildman–Crippen MR) is 89.0 cm³/mol. The predicted octanol–water partition coefficient (Wildman–Crippen LogP) is 4.21. The van der Waals surface area contributed by atoms with Gasteiger partial charge in [-0.2, -0.15) is 0 Å². The fourth-order valence-electron chi connectivity index (χ4n) is 2.47. The van der Waals surface area contributed by atoms with Crippen molar-refractivity contribution < 1.29 is 0 Å². The average molecular weight is 343 g/mol. The number of benzene rings is 2. The van der Waals surface area contributed by atoms with E-state index in [1.54, 1.807) is 4.68 Å². The van der Waals surface area contributed by atoms with Gasteiger partial charge in [-0.05, 0) is 53.0 Å². The van der Waals surface area contributed by atoms with Crippen molar-refractivity contribution in [3.05, 3.63) is 74.5 Å². The van der Waals surface area contributed by atoms with Crippen molar-refractivity contribution in [2.45, 2.75) is 13.8 Å². The molecule has 0 unspecified atom stereocenters. The molecule has 0 bridgehead atoms. The molecule has 2 aromatic carbocycles. The second-order valence-corrected chi connectivity index (χ2v) is 5.95. The zero-order valence-electron chi connectivity index (χ0n) is 11.9. The molecule has 1 heterocycles. The molecule has 0 atom stereocenters. The van der Waals surface area contributed by atoms with Crippen LogP contribution in [-0.4, -0.2) is 9.78 Å². The van der Waals surface area contributed by atoms with Gasteiger partial charge in [0.2, 0.25) is 0 Å². The van der Waals surface area contributed by atoms with E-state index in [9.17, 15) is 4.79 Å². The minimum absolute atomic E-state index is 0.0844. The van der Waals surface area contributed by atoms with E-state index in [2.05, 4.69) is 27.1 Å². The molecule has 0 fully saturated rings. The van der Waals surface area contributed by atoms with Crippen LogP contribution in [0.25, 0.3) is 16.9 Å². The molecule has 3 nitrogen and oxygen atoms in total. The normalized spacial score (nSPS) is 10.8. The highest BCUT2D eigenvalue weighted by atomic mass is 79.9. The number of aromatic amines is 1. The van der Waals surface area contributed by atoms with E-state index in [1.165, 1.54) is 0 Å². The molecule has 4 heteroatoms. The zero-order chi connectivity index (χ0) is 15.0. The highest BCUT2D eigenvalue weighted by Gasteiger charge is 2.14. The number of aryl methyl sites for hydroxylation is 2. The van der Waals surface area contributed by atoms with Gasteiger partial charge in [0.25, 0.3) is 5.56 Å². The third kappa shape index (κ3) is 2.59. The molecule has 106 valence electrons. The second-order valence-electron chi connectivity index (χ2n) is 5.15. The van der Waals surface area contributed by atoms with Crippen LogP contribution in [0, 0.1) is 13.8 Å². The minimum atomic E-state index is -0.0844. The Morgan fingerprint density at radius 3 is 2.24 bits per heavy atom. The van der Waals surface area contributed by atoms with E-state index in [0.717, 1.165) is 28.1 Å². The summed E-state index contributed by atoms with van der Waals surface area (Å²) in [4.78, 5) is 12.5. The number of H-pyrrole nitrogens is 1. The Hall–Kier alpha value is -2.07. The second kappa shape index (κ2) is 5.37. The molecule has 0 aliphatic carbocycles. The van der Waals surface area contributed by atoms with Crippen molar-refractivity contribution in [2.75, 3.05) is 0 Å². The summed E-state index contributed by atoms with van der Waals surface area (Å²) >= 11 is 3.41. The van der Waals surface area contributed by atoms with Crippen LogP contribution < -0.4 is 5.56 Å². The third-order valence-corrected chi connectivity index (χ3v) is 4.10. The molecule has 0 aliphatic heterocycles. The monoisotopic (exact) mass is 342 g/mol. The standard InChI is InChI=1S/C17H15BrN2O/c1-11-8-12(2)10-14(9-11)20-17(21)15(18)16(19-20)13-6-4-3-5-7-13/h3-10,19H,1-2H3. The Morgan fingerprint density at radius 1 is 1.00 bits per heavy atom. The first kappa shape index (κ1) is 13.9. The summed E-state index contributed by atoms with van der Waals surface area (Å²) in [5.74, 6) is 0. The molecule has 0 saturated carbocycles. The first-order valence-electron chi connectivity index (χ1n) is 6.71. The summed E-state index contributed by atoms with van der Waals surface area (Å²) in [5, 5.41) is 3.19. The van der Waals surface area contributed by atoms with Crippen molar-refractivity contribution >= 4 is 15.9 Å². The van der Waals surface area contributed by atoms with Gasteiger partial charge in [0.05, 0.1) is 11.4 Å². The van der Waals surface area contributed by atoms with E-state index < -0.39 is 0 Å². The molecule has 3 aromatic rings. The number of rotatable bonds is 2. The third-order valence-electron chi connectivity index (χ3n) is 3.36. The van der Waals surface area contributed by atoms with Gasteiger partial charge in [0.1, 0.15) is 4.47 Å². The molecule has 3 rings (SSSR count). The maximum Gasteiger partial charge on any atom is 0.286 e. The van der Waals surface area contributed by atoms with Gasteiger partial charge in [-0.15, -0.1) is 0 Å². The topological polar surface area (TPSA) is 37.8 Å². The van der Waals surface area contributed by atoms with Crippen molar-refractivity contribution in [3.8, 4) is 16.9 Å². The summed E-state index contributed by atoms with van der Waals surface area (Å²) in [6.45, 7) is 4.05. The van der Waals surface area contributed by atoms with E-state index in [4.69, 9.17) is 0 Å². The van der Waals surface area contributed by atoms with Gasteiger partial charge >= 0.3 is 0 Å². The van der Waals surface area contributed by atoms with Crippen molar-refractivity contribution in [1.29, 1.82) is 0 Å². The quantitative estimate of drug-likeness (QED) is 0.744. The van der Waals surface area contributed by atoms with Crippen molar-refractivity contribution in [2.24, 2.45) is 0 Å². The largest absolute Gasteiger partial charge is 0.289 e. The number of nitrogens with one attached hydrogen (secondary N) is 1. The van der Waals surface area contributed by atoms with E-state index >= 15 is 0 Å². The van der Waals surface area contributed by atoms with Crippen LogP contribution in [0.3, 0.4) is 0 Å². The number of halogens is 1. The molecule has 21 heavy (non-hydrogen) atoms. The van der Waals surface area contributed by atoms with Crippen LogP contribution >= 0.6 is 15.9 Å². The lowest BCUT2D eigenvalue weighted by Crippen LogP contribution is -2.14. The molecular weight excluding hydrogens is 328 g/mol. The summed E-state index contributed by atoms with van der Waals surface area (Å²) in [6.07, 6.45) is 0. The zero-order valence-corrected chi connectivity index (χ0v) is 13.4. The fraction of sp³-hybridized carbons (Fsp3) is 0.118. The number of hydrogen-bond acceptors (Lipinski definition) is 1. The lowest BCUT2D eigenvalue weighted by Gasteiger charge is -2.05. The summed E-state index contributed by atoms with van der Waals surface area (Å²) < 4.78 is 2.12. The highest BCUT2D eigenvalue weighted by molar-refractivity contribution is 9.10. The molecular formula is C17H15BrN2O. The van der Waals surface area contributed by atoms with Gasteiger partial charge in [-0.3, -0.25) is 9.89 Å².